The lowest BCUT2D eigenvalue weighted by atomic mass is 10.2. The van der Waals surface area contributed by atoms with Crippen LogP contribution in [0.2, 0.25) is 0 Å². The number of carbonyl (C=O) groups is 2. The highest BCUT2D eigenvalue weighted by Crippen LogP contribution is 2.02. The zero-order valence-corrected chi connectivity index (χ0v) is 7.16. The van der Waals surface area contributed by atoms with Crippen LogP contribution in [0.3, 0.4) is 0 Å². The van der Waals surface area contributed by atoms with E-state index in [9.17, 15) is 9.59 Å². The second kappa shape index (κ2) is 4.33. The monoisotopic (exact) mass is 171 g/mol. The maximum absolute atomic E-state index is 11.0. The largest absolute Gasteiger partial charge is 0.379 e. The third-order valence-corrected chi connectivity index (χ3v) is 1.98. The Morgan fingerprint density at radius 1 is 1.50 bits per heavy atom. The third kappa shape index (κ3) is 2.12. The van der Waals surface area contributed by atoms with Gasteiger partial charge in [-0.1, -0.05) is 0 Å². The minimum Gasteiger partial charge on any atom is -0.379 e. The summed E-state index contributed by atoms with van der Waals surface area (Å²) in [5, 5.41) is 0. The van der Waals surface area contributed by atoms with Crippen LogP contribution in [0.15, 0.2) is 0 Å². The Kier molecular flexibility index (Phi) is 3.37. The molecule has 1 atom stereocenters. The van der Waals surface area contributed by atoms with Crippen molar-refractivity contribution in [2.24, 2.45) is 0 Å². The topological polar surface area (TPSA) is 46.6 Å². The highest BCUT2D eigenvalue weighted by atomic mass is 16.5. The first-order valence-electron chi connectivity index (χ1n) is 4.03. The Balaban J connectivity index is 2.51. The van der Waals surface area contributed by atoms with E-state index in [-0.39, 0.29) is 5.78 Å². The summed E-state index contributed by atoms with van der Waals surface area (Å²) in [4.78, 5) is 23.3. The highest BCUT2D eigenvalue weighted by Gasteiger charge is 2.23. The molecule has 1 rings (SSSR count). The molecular formula is C8H13NO3. The summed E-state index contributed by atoms with van der Waals surface area (Å²) in [6.07, 6.45) is 0.702. The van der Waals surface area contributed by atoms with Crippen LogP contribution in [0.1, 0.15) is 6.92 Å². The van der Waals surface area contributed by atoms with E-state index in [0.717, 1.165) is 0 Å². The van der Waals surface area contributed by atoms with Gasteiger partial charge in [0.2, 0.25) is 0 Å². The summed E-state index contributed by atoms with van der Waals surface area (Å²) in [7, 11) is 0. The molecule has 0 saturated carbocycles. The molecule has 1 saturated heterocycles. The molecule has 4 nitrogen and oxygen atoms in total. The van der Waals surface area contributed by atoms with Crippen LogP contribution in [-0.4, -0.2) is 49.3 Å². The number of morpholine rings is 1. The average molecular weight is 171 g/mol. The fourth-order valence-electron chi connectivity index (χ4n) is 1.29. The molecule has 0 bridgehead atoms. The van der Waals surface area contributed by atoms with E-state index in [2.05, 4.69) is 0 Å². The average Bonchev–Trinajstić information content (AvgIpc) is 2.07. The van der Waals surface area contributed by atoms with Gasteiger partial charge in [0, 0.05) is 13.1 Å². The van der Waals surface area contributed by atoms with Gasteiger partial charge in [-0.3, -0.25) is 9.69 Å². The number of ketones is 1. The summed E-state index contributed by atoms with van der Waals surface area (Å²) >= 11 is 0. The molecule has 0 N–H and O–H groups in total. The normalized spacial score (nSPS) is 21.8. The molecule has 0 aliphatic carbocycles. The van der Waals surface area contributed by atoms with Crippen molar-refractivity contribution in [3.05, 3.63) is 0 Å². The molecule has 0 radical (unpaired) electrons. The van der Waals surface area contributed by atoms with Crippen molar-refractivity contribution in [1.29, 1.82) is 0 Å². The van der Waals surface area contributed by atoms with Gasteiger partial charge in [0.15, 0.2) is 5.78 Å². The van der Waals surface area contributed by atoms with Crippen LogP contribution in [0.25, 0.3) is 0 Å². The number of hydrogen-bond acceptors (Lipinski definition) is 4. The van der Waals surface area contributed by atoms with Gasteiger partial charge in [-0.2, -0.15) is 0 Å². The molecule has 1 fully saturated rings. The van der Waals surface area contributed by atoms with Gasteiger partial charge in [-0.15, -0.1) is 0 Å². The maximum Gasteiger partial charge on any atom is 0.154 e. The van der Waals surface area contributed by atoms with Crippen LogP contribution in [-0.2, 0) is 14.3 Å². The number of carbonyl (C=O) groups excluding carboxylic acids is 2. The molecule has 0 aromatic heterocycles. The predicted octanol–water partition coefficient (Wildman–Crippen LogP) is -0.525. The lowest BCUT2D eigenvalue weighted by molar-refractivity contribution is -0.129. The van der Waals surface area contributed by atoms with Crippen LogP contribution >= 0.6 is 0 Å². The summed E-state index contributed by atoms with van der Waals surface area (Å²) in [5.41, 5.74) is 0. The molecular weight excluding hydrogens is 158 g/mol. The van der Waals surface area contributed by atoms with Crippen LogP contribution in [0.4, 0.5) is 0 Å². The summed E-state index contributed by atoms with van der Waals surface area (Å²) < 4.78 is 5.11. The van der Waals surface area contributed by atoms with E-state index in [4.69, 9.17) is 4.74 Å². The van der Waals surface area contributed by atoms with Gasteiger partial charge in [0.1, 0.15) is 12.3 Å². The Labute approximate surface area is 71.5 Å². The Morgan fingerprint density at radius 2 is 2.08 bits per heavy atom. The number of hydrogen-bond donors (Lipinski definition) is 0. The Hall–Kier alpha value is -0.740. The van der Waals surface area contributed by atoms with Crippen molar-refractivity contribution in [2.45, 2.75) is 13.0 Å². The Morgan fingerprint density at radius 3 is 2.50 bits per heavy atom. The highest BCUT2D eigenvalue weighted by molar-refractivity contribution is 5.95. The lowest BCUT2D eigenvalue weighted by Gasteiger charge is -2.29. The van der Waals surface area contributed by atoms with Crippen molar-refractivity contribution in [1.82, 2.24) is 4.90 Å². The van der Waals surface area contributed by atoms with Gasteiger partial charge >= 0.3 is 0 Å². The predicted molar refractivity (Wildman–Crippen MR) is 42.9 cm³/mol. The molecule has 4 heteroatoms. The van der Waals surface area contributed by atoms with E-state index in [1.54, 1.807) is 0 Å². The molecule has 0 amide bonds. The first-order chi connectivity index (χ1) is 5.75. The molecule has 1 aliphatic heterocycles. The van der Waals surface area contributed by atoms with Gasteiger partial charge in [0.05, 0.1) is 13.2 Å². The first kappa shape index (κ1) is 9.35. The maximum atomic E-state index is 11.0. The van der Waals surface area contributed by atoms with Gasteiger partial charge in [-0.25, -0.2) is 0 Å². The molecule has 68 valence electrons. The summed E-state index contributed by atoms with van der Waals surface area (Å²) in [6, 6.07) is -0.561. The van der Waals surface area contributed by atoms with E-state index >= 15 is 0 Å². The first-order valence-corrected chi connectivity index (χ1v) is 4.03. The van der Waals surface area contributed by atoms with E-state index in [0.29, 0.717) is 32.6 Å². The van der Waals surface area contributed by atoms with Crippen LogP contribution in [0.5, 0.6) is 0 Å². The number of rotatable bonds is 3. The minimum atomic E-state index is -0.561. The van der Waals surface area contributed by atoms with Gasteiger partial charge in [-0.05, 0) is 6.92 Å². The van der Waals surface area contributed by atoms with Crippen molar-refractivity contribution in [3.63, 3.8) is 0 Å². The number of nitrogens with zero attached hydrogens (tertiary/aromatic N) is 1. The lowest BCUT2D eigenvalue weighted by Crippen LogP contribution is -2.47. The van der Waals surface area contributed by atoms with Crippen molar-refractivity contribution >= 4 is 12.1 Å². The zero-order chi connectivity index (χ0) is 8.97. The van der Waals surface area contributed by atoms with Crippen LogP contribution in [0, 0.1) is 0 Å². The number of Topliss-reactive ketones (excluding diaryl/α,β-unsaturated/α-hetero) is 1. The third-order valence-electron chi connectivity index (χ3n) is 1.98. The fourth-order valence-corrected chi connectivity index (χ4v) is 1.29. The fraction of sp³-hybridized carbons (Fsp3) is 0.750. The van der Waals surface area contributed by atoms with Gasteiger partial charge < -0.3 is 9.53 Å². The summed E-state index contributed by atoms with van der Waals surface area (Å²) in [5.74, 6) is -0.0908. The molecule has 1 unspecified atom stereocenters. The molecule has 12 heavy (non-hydrogen) atoms. The quantitative estimate of drug-likeness (QED) is 0.423. The van der Waals surface area contributed by atoms with Crippen molar-refractivity contribution in [2.75, 3.05) is 26.3 Å². The minimum absolute atomic E-state index is 0.0908. The number of aldehydes is 1. The standard InChI is InChI=1S/C8H13NO3/c1-7(11)8(6-10)9-2-4-12-5-3-9/h6,8H,2-5H2,1H3. The van der Waals surface area contributed by atoms with Gasteiger partial charge in [0.25, 0.3) is 0 Å². The van der Waals surface area contributed by atoms with E-state index in [1.807, 2.05) is 4.90 Å². The molecule has 0 aromatic carbocycles. The zero-order valence-electron chi connectivity index (χ0n) is 7.16. The van der Waals surface area contributed by atoms with Crippen molar-refractivity contribution < 1.29 is 14.3 Å². The second-order valence-corrected chi connectivity index (χ2v) is 2.84. The summed E-state index contributed by atoms with van der Waals surface area (Å²) in [6.45, 7) is 4.00. The smallest absolute Gasteiger partial charge is 0.154 e. The SMILES string of the molecule is CC(=O)C(C=O)N1CCOCC1. The molecule has 0 aromatic rings. The van der Waals surface area contributed by atoms with Crippen molar-refractivity contribution in [3.8, 4) is 0 Å². The molecule has 1 heterocycles. The second-order valence-electron chi connectivity index (χ2n) is 2.84. The molecule has 1 aliphatic rings. The Bertz CT molecular complexity index is 175. The number of ether oxygens (including phenoxy) is 1. The van der Waals surface area contributed by atoms with E-state index in [1.165, 1.54) is 6.92 Å². The van der Waals surface area contributed by atoms with E-state index < -0.39 is 6.04 Å². The van der Waals surface area contributed by atoms with Crippen LogP contribution < -0.4 is 0 Å². The molecule has 0 spiro atoms.